The molecule has 0 radical (unpaired) electrons. The van der Waals surface area contributed by atoms with Gasteiger partial charge in [0.1, 0.15) is 0 Å². The average molecular weight is 237 g/mol. The molecule has 0 aliphatic heterocycles. The van der Waals surface area contributed by atoms with E-state index in [-0.39, 0.29) is 5.56 Å². The number of aromatic nitrogens is 2. The molecule has 0 aliphatic carbocycles. The summed E-state index contributed by atoms with van der Waals surface area (Å²) in [5.41, 5.74) is 0.970. The van der Waals surface area contributed by atoms with Crippen LogP contribution in [0.15, 0.2) is 24.7 Å². The largest absolute Gasteiger partial charge is 0.462 e. The van der Waals surface area contributed by atoms with Gasteiger partial charge in [-0.25, -0.2) is 4.79 Å². The molecule has 82 valence electrons. The van der Waals surface area contributed by atoms with E-state index in [0.717, 1.165) is 0 Å². The zero-order valence-electron chi connectivity index (χ0n) is 8.61. The summed E-state index contributed by atoms with van der Waals surface area (Å²) in [6.07, 6.45) is 4.62. The van der Waals surface area contributed by atoms with Gasteiger partial charge in [-0.2, -0.15) is 0 Å². The number of carbonyl (C=O) groups excluding carboxylic acids is 1. The zero-order valence-corrected chi connectivity index (χ0v) is 9.36. The minimum atomic E-state index is -0.467. The maximum absolute atomic E-state index is 11.5. The van der Waals surface area contributed by atoms with Crippen molar-refractivity contribution in [2.75, 3.05) is 6.61 Å². The number of hydrogen-bond donors (Lipinski definition) is 0. The lowest BCUT2D eigenvalue weighted by molar-refractivity contribution is 0.0526. The second kappa shape index (κ2) is 4.45. The van der Waals surface area contributed by atoms with E-state index in [1.54, 1.807) is 25.4 Å². The molecule has 0 aliphatic rings. The summed E-state index contributed by atoms with van der Waals surface area (Å²) in [4.78, 5) is 19.6. The standard InChI is InChI=1S/C11H9ClN2O2/c1-2-16-11(15)8-6-14-9-3-4-13-5-7(9)10(8)12/h3-6H,2H2,1H3. The van der Waals surface area contributed by atoms with E-state index < -0.39 is 5.97 Å². The van der Waals surface area contributed by atoms with Crippen LogP contribution in [0.4, 0.5) is 0 Å². The molecule has 0 N–H and O–H groups in total. The monoisotopic (exact) mass is 236 g/mol. The number of ether oxygens (including phenoxy) is 1. The van der Waals surface area contributed by atoms with Gasteiger partial charge in [0.05, 0.1) is 22.7 Å². The Morgan fingerprint density at radius 1 is 1.50 bits per heavy atom. The molecule has 0 atom stereocenters. The van der Waals surface area contributed by atoms with Crippen LogP contribution < -0.4 is 0 Å². The molecule has 16 heavy (non-hydrogen) atoms. The summed E-state index contributed by atoms with van der Waals surface area (Å²) in [6, 6.07) is 1.73. The number of carbonyl (C=O) groups is 1. The van der Waals surface area contributed by atoms with Gasteiger partial charge in [-0.05, 0) is 13.0 Å². The van der Waals surface area contributed by atoms with Gasteiger partial charge in [-0.1, -0.05) is 11.6 Å². The summed E-state index contributed by atoms with van der Waals surface area (Å²) in [5.74, 6) is -0.467. The van der Waals surface area contributed by atoms with Crippen LogP contribution in [0.3, 0.4) is 0 Å². The van der Waals surface area contributed by atoms with Crippen molar-refractivity contribution in [1.82, 2.24) is 9.97 Å². The van der Waals surface area contributed by atoms with Gasteiger partial charge in [0.25, 0.3) is 0 Å². The van der Waals surface area contributed by atoms with Gasteiger partial charge in [0.15, 0.2) is 0 Å². The minimum Gasteiger partial charge on any atom is -0.462 e. The number of halogens is 1. The van der Waals surface area contributed by atoms with Crippen LogP contribution in [-0.4, -0.2) is 22.5 Å². The van der Waals surface area contributed by atoms with Crippen molar-refractivity contribution < 1.29 is 9.53 Å². The molecule has 0 saturated heterocycles. The highest BCUT2D eigenvalue weighted by Crippen LogP contribution is 2.25. The maximum atomic E-state index is 11.5. The molecule has 2 aromatic heterocycles. The number of hydrogen-bond acceptors (Lipinski definition) is 4. The fourth-order valence-electron chi connectivity index (χ4n) is 1.36. The average Bonchev–Trinajstić information content (AvgIpc) is 2.30. The number of pyridine rings is 2. The molecule has 0 bridgehead atoms. The van der Waals surface area contributed by atoms with E-state index in [4.69, 9.17) is 16.3 Å². The highest BCUT2D eigenvalue weighted by atomic mass is 35.5. The summed E-state index contributed by atoms with van der Waals surface area (Å²) in [6.45, 7) is 2.04. The number of fused-ring (bicyclic) bond motifs is 1. The number of nitrogens with zero attached hydrogens (tertiary/aromatic N) is 2. The Morgan fingerprint density at radius 3 is 3.06 bits per heavy atom. The molecule has 0 aromatic carbocycles. The predicted molar refractivity (Wildman–Crippen MR) is 60.5 cm³/mol. The van der Waals surface area contributed by atoms with Gasteiger partial charge in [-0.3, -0.25) is 9.97 Å². The van der Waals surface area contributed by atoms with Crippen LogP contribution in [0.1, 0.15) is 17.3 Å². The molecule has 2 aromatic rings. The van der Waals surface area contributed by atoms with Crippen molar-refractivity contribution in [3.8, 4) is 0 Å². The Kier molecular flexibility index (Phi) is 3.01. The zero-order chi connectivity index (χ0) is 11.5. The summed E-state index contributed by atoms with van der Waals surface area (Å²) in [7, 11) is 0. The maximum Gasteiger partial charge on any atom is 0.341 e. The Hall–Kier alpha value is -1.68. The van der Waals surface area contributed by atoms with Crippen molar-refractivity contribution in [3.63, 3.8) is 0 Å². The fourth-order valence-corrected chi connectivity index (χ4v) is 1.63. The molecule has 0 fully saturated rings. The van der Waals surface area contributed by atoms with Crippen LogP contribution in [0.25, 0.3) is 10.9 Å². The van der Waals surface area contributed by atoms with Crippen molar-refractivity contribution in [2.45, 2.75) is 6.92 Å². The van der Waals surface area contributed by atoms with Gasteiger partial charge in [0.2, 0.25) is 0 Å². The highest BCUT2D eigenvalue weighted by molar-refractivity contribution is 6.38. The first kappa shape index (κ1) is 10.8. The predicted octanol–water partition coefficient (Wildman–Crippen LogP) is 2.46. The fraction of sp³-hybridized carbons (Fsp3) is 0.182. The molecule has 0 saturated carbocycles. The molecule has 0 unspecified atom stereocenters. The van der Waals surface area contributed by atoms with E-state index in [1.807, 2.05) is 0 Å². The third-order valence-corrected chi connectivity index (χ3v) is 2.51. The van der Waals surface area contributed by atoms with Crippen molar-refractivity contribution in [2.24, 2.45) is 0 Å². The second-order valence-electron chi connectivity index (χ2n) is 3.10. The molecular weight excluding hydrogens is 228 g/mol. The summed E-state index contributed by atoms with van der Waals surface area (Å²) >= 11 is 6.09. The van der Waals surface area contributed by atoms with E-state index in [2.05, 4.69) is 9.97 Å². The highest BCUT2D eigenvalue weighted by Gasteiger charge is 2.14. The minimum absolute atomic E-state index is 0.268. The van der Waals surface area contributed by atoms with Crippen molar-refractivity contribution in [3.05, 3.63) is 35.2 Å². The quantitative estimate of drug-likeness (QED) is 0.752. The second-order valence-corrected chi connectivity index (χ2v) is 3.48. The third kappa shape index (κ3) is 1.84. The first-order chi connectivity index (χ1) is 7.74. The molecule has 2 heterocycles. The number of esters is 1. The lowest BCUT2D eigenvalue weighted by Crippen LogP contribution is -2.06. The van der Waals surface area contributed by atoms with E-state index in [0.29, 0.717) is 22.5 Å². The molecule has 4 nitrogen and oxygen atoms in total. The van der Waals surface area contributed by atoms with Crippen LogP contribution in [0.5, 0.6) is 0 Å². The van der Waals surface area contributed by atoms with Crippen LogP contribution in [0.2, 0.25) is 5.02 Å². The van der Waals surface area contributed by atoms with E-state index in [1.165, 1.54) is 6.20 Å². The molecule has 0 amide bonds. The van der Waals surface area contributed by atoms with E-state index in [9.17, 15) is 4.79 Å². The lowest BCUT2D eigenvalue weighted by Gasteiger charge is -2.05. The van der Waals surface area contributed by atoms with Gasteiger partial charge in [-0.15, -0.1) is 0 Å². The van der Waals surface area contributed by atoms with E-state index >= 15 is 0 Å². The van der Waals surface area contributed by atoms with Crippen molar-refractivity contribution in [1.29, 1.82) is 0 Å². The Bertz CT molecular complexity index is 542. The summed E-state index contributed by atoms with van der Waals surface area (Å²) < 4.78 is 4.87. The molecule has 5 heteroatoms. The lowest BCUT2D eigenvalue weighted by atomic mass is 10.2. The number of rotatable bonds is 2. The topological polar surface area (TPSA) is 52.1 Å². The molecular formula is C11H9ClN2O2. The Balaban J connectivity index is 2.56. The molecule has 2 rings (SSSR count). The smallest absolute Gasteiger partial charge is 0.341 e. The Morgan fingerprint density at radius 2 is 2.31 bits per heavy atom. The van der Waals surface area contributed by atoms with Crippen molar-refractivity contribution >= 4 is 28.5 Å². The Labute approximate surface area is 97.2 Å². The van der Waals surface area contributed by atoms with Gasteiger partial charge in [0, 0.05) is 24.0 Å². The molecule has 0 spiro atoms. The van der Waals surface area contributed by atoms with Crippen LogP contribution in [0, 0.1) is 0 Å². The van der Waals surface area contributed by atoms with Crippen LogP contribution in [-0.2, 0) is 4.74 Å². The first-order valence-electron chi connectivity index (χ1n) is 4.79. The SMILES string of the molecule is CCOC(=O)c1cnc2ccncc2c1Cl. The first-order valence-corrected chi connectivity index (χ1v) is 5.17. The summed E-state index contributed by atoms with van der Waals surface area (Å²) in [5, 5.41) is 0.978. The van der Waals surface area contributed by atoms with Gasteiger partial charge < -0.3 is 4.74 Å². The normalized spacial score (nSPS) is 10.4. The third-order valence-electron chi connectivity index (χ3n) is 2.10. The van der Waals surface area contributed by atoms with Crippen LogP contribution >= 0.6 is 11.6 Å². The van der Waals surface area contributed by atoms with Gasteiger partial charge >= 0.3 is 5.97 Å².